The Hall–Kier alpha value is -1.40. The number of likely N-dealkylation sites (N-methyl/N-ethyl adjacent to an activating group) is 1. The molecule has 0 aliphatic rings. The van der Waals surface area contributed by atoms with Gasteiger partial charge in [0.2, 0.25) is 0 Å². The molecule has 20 heavy (non-hydrogen) atoms. The molecule has 0 radical (unpaired) electrons. The molecule has 1 heterocycles. The van der Waals surface area contributed by atoms with Crippen LogP contribution in [0.5, 0.6) is 0 Å². The zero-order chi connectivity index (χ0) is 15.0. The molecule has 1 rings (SSSR count). The van der Waals surface area contributed by atoms with Gasteiger partial charge in [-0.3, -0.25) is 4.79 Å². The maximum absolute atomic E-state index is 12.3. The van der Waals surface area contributed by atoms with E-state index < -0.39 is 0 Å². The Morgan fingerprint density at radius 3 is 2.85 bits per heavy atom. The first-order valence-corrected chi connectivity index (χ1v) is 7.02. The number of nitrogens with one attached hydrogen (secondary N) is 1. The lowest BCUT2D eigenvalue weighted by molar-refractivity contribution is 0.200. The largest absolute Gasteiger partial charge is 0.383 e. The second-order valence-electron chi connectivity index (χ2n) is 5.27. The van der Waals surface area contributed by atoms with Gasteiger partial charge in [0, 0.05) is 52.7 Å². The molecular weight excluding hydrogens is 256 g/mol. The van der Waals surface area contributed by atoms with Gasteiger partial charge in [0.05, 0.1) is 6.61 Å². The number of aromatic nitrogens is 2. The van der Waals surface area contributed by atoms with Crippen molar-refractivity contribution in [3.63, 3.8) is 0 Å². The van der Waals surface area contributed by atoms with E-state index in [1.165, 1.54) is 0 Å². The fourth-order valence-electron chi connectivity index (χ4n) is 1.89. The molecule has 1 aromatic rings. The summed E-state index contributed by atoms with van der Waals surface area (Å²) >= 11 is 0. The number of hydrogen-bond acceptors (Lipinski definition) is 5. The molecule has 0 amide bonds. The van der Waals surface area contributed by atoms with Crippen LogP contribution in [0, 0.1) is 5.92 Å². The molecule has 0 aromatic carbocycles. The van der Waals surface area contributed by atoms with Gasteiger partial charge < -0.3 is 19.5 Å². The van der Waals surface area contributed by atoms with Crippen LogP contribution in [0.4, 0.5) is 5.82 Å². The van der Waals surface area contributed by atoms with Crippen LogP contribution >= 0.6 is 0 Å². The average molecular weight is 282 g/mol. The van der Waals surface area contributed by atoms with E-state index in [0.717, 1.165) is 19.6 Å². The number of hydrogen-bond donors (Lipinski definition) is 1. The summed E-state index contributed by atoms with van der Waals surface area (Å²) < 4.78 is 6.69. The quantitative estimate of drug-likeness (QED) is 0.671. The summed E-state index contributed by atoms with van der Waals surface area (Å²) in [5.41, 5.74) is -0.0272. The highest BCUT2D eigenvalue weighted by atomic mass is 16.5. The van der Waals surface area contributed by atoms with Crippen molar-refractivity contribution in [2.24, 2.45) is 5.92 Å². The number of methoxy groups -OCH3 is 1. The van der Waals surface area contributed by atoms with Crippen LogP contribution in [0.15, 0.2) is 17.2 Å². The van der Waals surface area contributed by atoms with E-state index in [1.807, 2.05) is 11.9 Å². The molecule has 114 valence electrons. The van der Waals surface area contributed by atoms with E-state index in [4.69, 9.17) is 4.74 Å². The highest BCUT2D eigenvalue weighted by molar-refractivity contribution is 5.34. The second-order valence-corrected chi connectivity index (χ2v) is 5.27. The SMILES string of the molecule is COCCNCCN(C)c1nccn(CC(C)C)c1=O. The van der Waals surface area contributed by atoms with Crippen LogP contribution < -0.4 is 15.8 Å². The van der Waals surface area contributed by atoms with Gasteiger partial charge >= 0.3 is 0 Å². The summed E-state index contributed by atoms with van der Waals surface area (Å²) in [6.07, 6.45) is 3.43. The van der Waals surface area contributed by atoms with Crippen molar-refractivity contribution in [3.8, 4) is 0 Å². The summed E-state index contributed by atoms with van der Waals surface area (Å²) in [7, 11) is 3.57. The summed E-state index contributed by atoms with van der Waals surface area (Å²) in [5, 5.41) is 3.25. The topological polar surface area (TPSA) is 59.4 Å². The van der Waals surface area contributed by atoms with E-state index >= 15 is 0 Å². The van der Waals surface area contributed by atoms with E-state index in [1.54, 1.807) is 24.1 Å². The minimum atomic E-state index is -0.0272. The maximum atomic E-state index is 12.3. The van der Waals surface area contributed by atoms with Crippen molar-refractivity contribution < 1.29 is 4.74 Å². The zero-order valence-corrected chi connectivity index (χ0v) is 12.9. The lowest BCUT2D eigenvalue weighted by Gasteiger charge is -2.19. The van der Waals surface area contributed by atoms with Crippen molar-refractivity contribution in [2.75, 3.05) is 45.3 Å². The number of ether oxygens (including phenoxy) is 1. The molecular formula is C14H26N4O2. The van der Waals surface area contributed by atoms with Gasteiger partial charge in [-0.2, -0.15) is 0 Å². The van der Waals surface area contributed by atoms with Gasteiger partial charge in [-0.05, 0) is 5.92 Å². The third-order valence-electron chi connectivity index (χ3n) is 2.93. The smallest absolute Gasteiger partial charge is 0.293 e. The lowest BCUT2D eigenvalue weighted by atomic mass is 10.2. The first-order chi connectivity index (χ1) is 9.56. The van der Waals surface area contributed by atoms with Gasteiger partial charge in [0.1, 0.15) is 0 Å². The van der Waals surface area contributed by atoms with Gasteiger partial charge in [-0.1, -0.05) is 13.8 Å². The van der Waals surface area contributed by atoms with Crippen molar-refractivity contribution in [1.82, 2.24) is 14.9 Å². The highest BCUT2D eigenvalue weighted by Crippen LogP contribution is 2.02. The van der Waals surface area contributed by atoms with Crippen molar-refractivity contribution in [2.45, 2.75) is 20.4 Å². The van der Waals surface area contributed by atoms with Gasteiger partial charge in [0.25, 0.3) is 5.56 Å². The summed E-state index contributed by atoms with van der Waals surface area (Å²) in [5.74, 6) is 0.936. The molecule has 0 aliphatic heterocycles. The van der Waals surface area contributed by atoms with Crippen LogP contribution in [0.2, 0.25) is 0 Å². The van der Waals surface area contributed by atoms with Crippen LogP contribution in [0.1, 0.15) is 13.8 Å². The standard InChI is InChI=1S/C14H26N4O2/c1-12(2)11-18-9-6-16-13(14(18)19)17(3)8-5-15-7-10-20-4/h6,9,12,15H,5,7-8,10-11H2,1-4H3. The molecule has 6 nitrogen and oxygen atoms in total. The molecule has 0 atom stereocenters. The van der Waals surface area contributed by atoms with Gasteiger partial charge in [0.15, 0.2) is 5.82 Å². The Morgan fingerprint density at radius 1 is 1.45 bits per heavy atom. The van der Waals surface area contributed by atoms with E-state index in [-0.39, 0.29) is 5.56 Å². The van der Waals surface area contributed by atoms with Crippen molar-refractivity contribution in [1.29, 1.82) is 0 Å². The third-order valence-corrected chi connectivity index (χ3v) is 2.93. The average Bonchev–Trinajstić information content (AvgIpc) is 2.40. The second kappa shape index (κ2) is 8.71. The Kier molecular flexibility index (Phi) is 7.25. The van der Waals surface area contributed by atoms with Crippen LogP contribution in [0.25, 0.3) is 0 Å². The molecule has 1 N–H and O–H groups in total. The van der Waals surface area contributed by atoms with E-state index in [0.29, 0.717) is 24.9 Å². The van der Waals surface area contributed by atoms with Crippen LogP contribution in [-0.4, -0.2) is 49.9 Å². The minimum absolute atomic E-state index is 0.0272. The fourth-order valence-corrected chi connectivity index (χ4v) is 1.89. The van der Waals surface area contributed by atoms with Crippen LogP contribution in [0.3, 0.4) is 0 Å². The Labute approximate surface area is 120 Å². The normalized spacial score (nSPS) is 11.1. The molecule has 0 aliphatic carbocycles. The summed E-state index contributed by atoms with van der Waals surface area (Å²) in [6.45, 7) is 7.93. The lowest BCUT2D eigenvalue weighted by Crippen LogP contribution is -2.36. The third kappa shape index (κ3) is 5.30. The first-order valence-electron chi connectivity index (χ1n) is 7.02. The predicted molar refractivity (Wildman–Crippen MR) is 81.4 cm³/mol. The van der Waals surface area contributed by atoms with Crippen molar-refractivity contribution >= 4 is 5.82 Å². The van der Waals surface area contributed by atoms with Crippen LogP contribution in [-0.2, 0) is 11.3 Å². The zero-order valence-electron chi connectivity index (χ0n) is 12.9. The minimum Gasteiger partial charge on any atom is -0.383 e. The maximum Gasteiger partial charge on any atom is 0.293 e. The molecule has 0 saturated heterocycles. The van der Waals surface area contributed by atoms with E-state index in [9.17, 15) is 4.79 Å². The monoisotopic (exact) mass is 282 g/mol. The molecule has 6 heteroatoms. The molecule has 0 spiro atoms. The highest BCUT2D eigenvalue weighted by Gasteiger charge is 2.10. The van der Waals surface area contributed by atoms with Gasteiger partial charge in [-0.15, -0.1) is 0 Å². The molecule has 0 fully saturated rings. The Bertz CT molecular complexity index is 445. The summed E-state index contributed by atoms with van der Waals surface area (Å²) in [4.78, 5) is 18.4. The fraction of sp³-hybridized carbons (Fsp3) is 0.714. The van der Waals surface area contributed by atoms with E-state index in [2.05, 4.69) is 24.1 Å². The Balaban J connectivity index is 2.59. The predicted octanol–water partition coefficient (Wildman–Crippen LogP) is 0.572. The van der Waals surface area contributed by atoms with Gasteiger partial charge in [-0.25, -0.2) is 4.98 Å². The van der Waals surface area contributed by atoms with Crippen molar-refractivity contribution in [3.05, 3.63) is 22.7 Å². The number of nitrogens with zero attached hydrogens (tertiary/aromatic N) is 3. The number of anilines is 1. The number of rotatable bonds is 9. The molecule has 0 bridgehead atoms. The molecule has 1 aromatic heterocycles. The Morgan fingerprint density at radius 2 is 2.20 bits per heavy atom. The molecule has 0 unspecified atom stereocenters. The summed E-state index contributed by atoms with van der Waals surface area (Å²) in [6, 6.07) is 0. The first kappa shape index (κ1) is 16.7. The molecule has 0 saturated carbocycles.